The highest BCUT2D eigenvalue weighted by atomic mass is 15.0. The molecule has 3 heteroatoms. The Bertz CT molecular complexity index is 207. The van der Waals surface area contributed by atoms with Gasteiger partial charge in [-0.3, -0.25) is 0 Å². The highest BCUT2D eigenvalue weighted by molar-refractivity contribution is 4.94. The molecule has 2 fully saturated rings. The summed E-state index contributed by atoms with van der Waals surface area (Å²) in [7, 11) is 0. The molecule has 2 aliphatic heterocycles. The van der Waals surface area contributed by atoms with Gasteiger partial charge in [0.1, 0.15) is 0 Å². The molecule has 88 valence electrons. The molecule has 0 aliphatic carbocycles. The van der Waals surface area contributed by atoms with Crippen LogP contribution in [0.15, 0.2) is 0 Å². The lowest BCUT2D eigenvalue weighted by atomic mass is 9.77. The first-order valence-electron chi connectivity index (χ1n) is 6.41. The first kappa shape index (κ1) is 11.4. The monoisotopic (exact) mass is 211 g/mol. The van der Waals surface area contributed by atoms with Crippen LogP contribution in [-0.2, 0) is 0 Å². The summed E-state index contributed by atoms with van der Waals surface area (Å²) in [4.78, 5) is 0. The van der Waals surface area contributed by atoms with Crippen LogP contribution in [-0.4, -0.2) is 31.2 Å². The van der Waals surface area contributed by atoms with E-state index < -0.39 is 0 Å². The third-order valence-corrected chi connectivity index (χ3v) is 4.22. The summed E-state index contributed by atoms with van der Waals surface area (Å²) in [5.74, 6) is 1.46. The predicted molar refractivity (Wildman–Crippen MR) is 63.7 cm³/mol. The van der Waals surface area contributed by atoms with Crippen molar-refractivity contribution in [1.82, 2.24) is 10.6 Å². The summed E-state index contributed by atoms with van der Waals surface area (Å²) in [5, 5.41) is 7.15. The van der Waals surface area contributed by atoms with Gasteiger partial charge in [-0.25, -0.2) is 0 Å². The Balaban J connectivity index is 1.96. The van der Waals surface area contributed by atoms with Crippen molar-refractivity contribution < 1.29 is 0 Å². The van der Waals surface area contributed by atoms with E-state index in [9.17, 15) is 0 Å². The molecule has 3 nitrogen and oxygen atoms in total. The summed E-state index contributed by atoms with van der Waals surface area (Å²) < 4.78 is 0. The van der Waals surface area contributed by atoms with E-state index in [2.05, 4.69) is 24.5 Å². The second-order valence-electron chi connectivity index (χ2n) is 5.46. The van der Waals surface area contributed by atoms with Crippen molar-refractivity contribution >= 4 is 0 Å². The average Bonchev–Trinajstić information content (AvgIpc) is 2.22. The van der Waals surface area contributed by atoms with Crippen LogP contribution in [0, 0.1) is 11.8 Å². The Kier molecular flexibility index (Phi) is 3.65. The van der Waals surface area contributed by atoms with E-state index in [0.717, 1.165) is 19.0 Å². The Hall–Kier alpha value is -0.120. The zero-order chi connectivity index (χ0) is 10.8. The third-order valence-electron chi connectivity index (χ3n) is 4.22. The number of hydrogen-bond donors (Lipinski definition) is 3. The second-order valence-corrected chi connectivity index (χ2v) is 5.46. The van der Waals surface area contributed by atoms with Crippen molar-refractivity contribution in [3.05, 3.63) is 0 Å². The molecule has 0 aromatic rings. The van der Waals surface area contributed by atoms with E-state index >= 15 is 0 Å². The summed E-state index contributed by atoms with van der Waals surface area (Å²) in [6.07, 6.45) is 3.79. The van der Waals surface area contributed by atoms with Crippen LogP contribution >= 0.6 is 0 Å². The molecule has 5 unspecified atom stereocenters. The molecule has 2 heterocycles. The minimum Gasteiger partial charge on any atom is -0.326 e. The normalized spacial score (nSPS) is 47.8. The topological polar surface area (TPSA) is 50.1 Å². The van der Waals surface area contributed by atoms with E-state index in [4.69, 9.17) is 5.73 Å². The lowest BCUT2D eigenvalue weighted by molar-refractivity contribution is 0.167. The third kappa shape index (κ3) is 2.52. The number of hydrogen-bond acceptors (Lipinski definition) is 3. The van der Waals surface area contributed by atoms with Gasteiger partial charge in [0, 0.05) is 18.1 Å². The Morgan fingerprint density at radius 2 is 1.80 bits per heavy atom. The predicted octanol–water partition coefficient (Wildman–Crippen LogP) is 0.700. The quantitative estimate of drug-likeness (QED) is 0.598. The molecule has 5 atom stereocenters. The number of piperidine rings is 2. The van der Waals surface area contributed by atoms with Crippen molar-refractivity contribution in [2.24, 2.45) is 17.6 Å². The van der Waals surface area contributed by atoms with Crippen molar-refractivity contribution in [3.8, 4) is 0 Å². The SMILES string of the molecule is CC1CC(C2NCCC(C)C2N)CCN1. The van der Waals surface area contributed by atoms with Crippen LogP contribution in [0.2, 0.25) is 0 Å². The van der Waals surface area contributed by atoms with Crippen LogP contribution in [0.5, 0.6) is 0 Å². The van der Waals surface area contributed by atoms with E-state index in [-0.39, 0.29) is 0 Å². The minimum absolute atomic E-state index is 0.356. The van der Waals surface area contributed by atoms with Crippen molar-refractivity contribution in [1.29, 1.82) is 0 Å². The van der Waals surface area contributed by atoms with Crippen LogP contribution < -0.4 is 16.4 Å². The highest BCUT2D eigenvalue weighted by Gasteiger charge is 2.34. The van der Waals surface area contributed by atoms with Crippen LogP contribution in [0.3, 0.4) is 0 Å². The van der Waals surface area contributed by atoms with Crippen molar-refractivity contribution in [3.63, 3.8) is 0 Å². The second kappa shape index (κ2) is 4.81. The fourth-order valence-electron chi connectivity index (χ4n) is 3.14. The standard InChI is InChI=1S/C12H25N3/c1-8-3-5-15-12(11(8)13)10-4-6-14-9(2)7-10/h8-12,14-15H,3-7,13H2,1-2H3. The Morgan fingerprint density at radius 3 is 2.53 bits per heavy atom. The van der Waals surface area contributed by atoms with E-state index in [1.54, 1.807) is 0 Å². The zero-order valence-electron chi connectivity index (χ0n) is 10.00. The van der Waals surface area contributed by atoms with Gasteiger partial charge < -0.3 is 16.4 Å². The summed E-state index contributed by atoms with van der Waals surface area (Å²) in [6, 6.07) is 1.57. The van der Waals surface area contributed by atoms with Gasteiger partial charge in [0.2, 0.25) is 0 Å². The van der Waals surface area contributed by atoms with Crippen LogP contribution in [0.1, 0.15) is 33.1 Å². The largest absolute Gasteiger partial charge is 0.326 e. The molecule has 0 radical (unpaired) electrons. The van der Waals surface area contributed by atoms with E-state index in [0.29, 0.717) is 24.0 Å². The molecule has 0 spiro atoms. The minimum atomic E-state index is 0.356. The lowest BCUT2D eigenvalue weighted by Gasteiger charge is -2.42. The van der Waals surface area contributed by atoms with Crippen LogP contribution in [0.25, 0.3) is 0 Å². The molecule has 4 N–H and O–H groups in total. The van der Waals surface area contributed by atoms with E-state index in [1.165, 1.54) is 19.3 Å². The molecular formula is C12H25N3. The first-order valence-corrected chi connectivity index (χ1v) is 6.41. The molecule has 0 bridgehead atoms. The van der Waals surface area contributed by atoms with Crippen molar-refractivity contribution in [2.45, 2.75) is 51.2 Å². The first-order chi connectivity index (χ1) is 7.18. The molecule has 2 rings (SSSR count). The molecule has 15 heavy (non-hydrogen) atoms. The summed E-state index contributed by atoms with van der Waals surface area (Å²) in [6.45, 7) is 6.88. The van der Waals surface area contributed by atoms with Crippen LogP contribution in [0.4, 0.5) is 0 Å². The van der Waals surface area contributed by atoms with Gasteiger partial charge in [-0.2, -0.15) is 0 Å². The van der Waals surface area contributed by atoms with Gasteiger partial charge in [0.15, 0.2) is 0 Å². The maximum atomic E-state index is 6.32. The smallest absolute Gasteiger partial charge is 0.0250 e. The molecule has 0 amide bonds. The number of rotatable bonds is 1. The van der Waals surface area contributed by atoms with Gasteiger partial charge in [0.05, 0.1) is 0 Å². The number of nitrogens with one attached hydrogen (secondary N) is 2. The zero-order valence-corrected chi connectivity index (χ0v) is 10.00. The van der Waals surface area contributed by atoms with Gasteiger partial charge >= 0.3 is 0 Å². The molecular weight excluding hydrogens is 186 g/mol. The highest BCUT2D eigenvalue weighted by Crippen LogP contribution is 2.26. The van der Waals surface area contributed by atoms with Crippen molar-refractivity contribution in [2.75, 3.05) is 13.1 Å². The van der Waals surface area contributed by atoms with Gasteiger partial charge in [-0.1, -0.05) is 6.92 Å². The molecule has 2 saturated heterocycles. The fraction of sp³-hybridized carbons (Fsp3) is 1.00. The van der Waals surface area contributed by atoms with Gasteiger partial charge in [0.25, 0.3) is 0 Å². The maximum absolute atomic E-state index is 6.32. The number of nitrogens with two attached hydrogens (primary N) is 1. The fourth-order valence-corrected chi connectivity index (χ4v) is 3.14. The molecule has 0 saturated carbocycles. The summed E-state index contributed by atoms with van der Waals surface area (Å²) >= 11 is 0. The Labute approximate surface area is 93.2 Å². The average molecular weight is 211 g/mol. The van der Waals surface area contributed by atoms with E-state index in [1.807, 2.05) is 0 Å². The maximum Gasteiger partial charge on any atom is 0.0250 e. The lowest BCUT2D eigenvalue weighted by Crippen LogP contribution is -2.59. The van der Waals surface area contributed by atoms with Gasteiger partial charge in [-0.15, -0.1) is 0 Å². The molecule has 0 aromatic heterocycles. The molecule has 2 aliphatic rings. The Morgan fingerprint density at radius 1 is 1.07 bits per heavy atom. The summed E-state index contributed by atoms with van der Waals surface area (Å²) in [5.41, 5.74) is 6.32. The van der Waals surface area contributed by atoms with Gasteiger partial charge in [-0.05, 0) is 51.1 Å². The molecule has 0 aromatic carbocycles.